The van der Waals surface area contributed by atoms with Crippen LogP contribution in [0.15, 0.2) is 36.0 Å². The summed E-state index contributed by atoms with van der Waals surface area (Å²) in [5, 5.41) is 0. The summed E-state index contributed by atoms with van der Waals surface area (Å²) in [6.45, 7) is 5.42. The third-order valence-electron chi connectivity index (χ3n) is 2.17. The molecule has 1 heterocycles. The summed E-state index contributed by atoms with van der Waals surface area (Å²) in [6.07, 6.45) is 5.36. The van der Waals surface area contributed by atoms with Gasteiger partial charge in [0.2, 0.25) is 5.91 Å². The van der Waals surface area contributed by atoms with Crippen LogP contribution >= 0.6 is 0 Å². The number of carbonyl (C=O) groups excluding carboxylic acids is 2. The number of amides is 2. The van der Waals surface area contributed by atoms with Gasteiger partial charge in [0.1, 0.15) is 0 Å². The van der Waals surface area contributed by atoms with E-state index in [1.807, 2.05) is 13.0 Å². The second-order valence-electron chi connectivity index (χ2n) is 3.08. The van der Waals surface area contributed by atoms with Crippen molar-refractivity contribution in [2.24, 2.45) is 0 Å². The fourth-order valence-electron chi connectivity index (χ4n) is 1.38. The normalized spacial score (nSPS) is 18.3. The van der Waals surface area contributed by atoms with Gasteiger partial charge in [-0.25, -0.2) is 0 Å². The van der Waals surface area contributed by atoms with Crippen LogP contribution in [-0.4, -0.2) is 23.8 Å². The van der Waals surface area contributed by atoms with Crippen LogP contribution in [0.1, 0.15) is 13.3 Å². The molecule has 1 rings (SSSR count). The van der Waals surface area contributed by atoms with E-state index in [4.69, 9.17) is 0 Å². The Hall–Kier alpha value is -1.64. The number of hydrogen-bond acceptors (Lipinski definition) is 2. The zero-order valence-corrected chi connectivity index (χ0v) is 8.41. The molecule has 2 amide bonds. The molecule has 0 unspecified atom stereocenters. The number of carbonyl (C=O) groups is 2. The Morgan fingerprint density at radius 1 is 1.43 bits per heavy atom. The molecule has 0 aromatic carbocycles. The molecule has 1 aliphatic rings. The van der Waals surface area contributed by atoms with Crippen molar-refractivity contribution >= 4 is 11.8 Å². The molecule has 3 heteroatoms. The maximum Gasteiger partial charge on any atom is 0.260 e. The van der Waals surface area contributed by atoms with E-state index in [2.05, 4.69) is 6.58 Å². The largest absolute Gasteiger partial charge is 0.281 e. The predicted molar refractivity (Wildman–Crippen MR) is 54.4 cm³/mol. The third-order valence-corrected chi connectivity index (χ3v) is 2.17. The van der Waals surface area contributed by atoms with Gasteiger partial charge in [-0.05, 0) is 12.5 Å². The highest BCUT2D eigenvalue weighted by molar-refractivity contribution is 6.10. The van der Waals surface area contributed by atoms with Gasteiger partial charge >= 0.3 is 0 Å². The summed E-state index contributed by atoms with van der Waals surface area (Å²) < 4.78 is 0. The quantitative estimate of drug-likeness (QED) is 0.619. The fraction of sp³-hybridized carbons (Fsp3) is 0.273. The summed E-state index contributed by atoms with van der Waals surface area (Å²) >= 11 is 0. The molecule has 0 saturated carbocycles. The lowest BCUT2D eigenvalue weighted by atomic mass is 9.98. The van der Waals surface area contributed by atoms with Crippen molar-refractivity contribution in [1.29, 1.82) is 0 Å². The topological polar surface area (TPSA) is 37.4 Å². The van der Waals surface area contributed by atoms with Crippen molar-refractivity contribution in [2.75, 3.05) is 7.05 Å². The van der Waals surface area contributed by atoms with Gasteiger partial charge in [0, 0.05) is 12.6 Å². The molecule has 0 saturated heterocycles. The molecule has 1 aliphatic heterocycles. The molecule has 3 nitrogen and oxygen atoms in total. The van der Waals surface area contributed by atoms with Gasteiger partial charge in [0.25, 0.3) is 5.91 Å². The van der Waals surface area contributed by atoms with Crippen molar-refractivity contribution < 1.29 is 9.59 Å². The van der Waals surface area contributed by atoms with Gasteiger partial charge in [0.05, 0.1) is 6.42 Å². The Bertz CT molecular complexity index is 350. The molecule has 0 spiro atoms. The first-order valence-corrected chi connectivity index (χ1v) is 4.41. The first-order valence-electron chi connectivity index (χ1n) is 4.41. The zero-order chi connectivity index (χ0) is 10.7. The molecule has 0 aromatic rings. The molecule has 14 heavy (non-hydrogen) atoms. The van der Waals surface area contributed by atoms with Crippen LogP contribution in [0, 0.1) is 0 Å². The molecule has 0 atom stereocenters. The maximum atomic E-state index is 11.6. The Balaban J connectivity index is 3.20. The number of imide groups is 1. The monoisotopic (exact) mass is 191 g/mol. The minimum atomic E-state index is -0.274. The van der Waals surface area contributed by atoms with E-state index >= 15 is 0 Å². The molecule has 0 aliphatic carbocycles. The van der Waals surface area contributed by atoms with E-state index in [1.165, 1.54) is 13.1 Å². The van der Waals surface area contributed by atoms with Crippen molar-refractivity contribution in [1.82, 2.24) is 4.90 Å². The average molecular weight is 191 g/mol. The predicted octanol–water partition coefficient (Wildman–Crippen LogP) is 1.43. The third kappa shape index (κ3) is 1.66. The second kappa shape index (κ2) is 4.05. The molecule has 0 radical (unpaired) electrons. The van der Waals surface area contributed by atoms with E-state index < -0.39 is 0 Å². The summed E-state index contributed by atoms with van der Waals surface area (Å²) in [5.74, 6) is -0.446. The van der Waals surface area contributed by atoms with Crippen LogP contribution in [0.4, 0.5) is 0 Å². The molecule has 0 N–H and O–H groups in total. The summed E-state index contributed by atoms with van der Waals surface area (Å²) in [4.78, 5) is 24.1. The van der Waals surface area contributed by atoms with E-state index in [0.717, 1.165) is 10.5 Å². The van der Waals surface area contributed by atoms with E-state index in [-0.39, 0.29) is 18.2 Å². The maximum absolute atomic E-state index is 11.6. The molecule has 0 bridgehead atoms. The molecule has 0 aromatic heterocycles. The van der Waals surface area contributed by atoms with Gasteiger partial charge < -0.3 is 0 Å². The number of nitrogens with zero attached hydrogens (tertiary/aromatic N) is 1. The first-order chi connectivity index (χ1) is 6.61. The van der Waals surface area contributed by atoms with Crippen LogP contribution in [0.25, 0.3) is 0 Å². The van der Waals surface area contributed by atoms with Crippen molar-refractivity contribution in [3.05, 3.63) is 36.0 Å². The van der Waals surface area contributed by atoms with E-state index in [1.54, 1.807) is 6.08 Å². The SMILES string of the molecule is C=CC1=C(/C=C\C)CC(=O)N(C)C1=O. The second-order valence-corrected chi connectivity index (χ2v) is 3.08. The Kier molecular flexibility index (Phi) is 3.02. The number of allylic oxidation sites excluding steroid dienone is 2. The van der Waals surface area contributed by atoms with Crippen LogP contribution in [-0.2, 0) is 9.59 Å². The van der Waals surface area contributed by atoms with Gasteiger partial charge in [-0.15, -0.1) is 0 Å². The Labute approximate surface area is 83.4 Å². The fourth-order valence-corrected chi connectivity index (χ4v) is 1.38. The molecular formula is C11H13NO2. The molecule has 74 valence electrons. The van der Waals surface area contributed by atoms with Crippen LogP contribution in [0.2, 0.25) is 0 Å². The lowest BCUT2D eigenvalue weighted by Gasteiger charge is -2.22. The van der Waals surface area contributed by atoms with E-state index in [0.29, 0.717) is 5.57 Å². The Morgan fingerprint density at radius 2 is 2.07 bits per heavy atom. The van der Waals surface area contributed by atoms with Crippen LogP contribution in [0.5, 0.6) is 0 Å². The van der Waals surface area contributed by atoms with Gasteiger partial charge in [-0.2, -0.15) is 0 Å². The first kappa shape index (κ1) is 10.4. The zero-order valence-electron chi connectivity index (χ0n) is 8.41. The highest BCUT2D eigenvalue weighted by Gasteiger charge is 2.27. The van der Waals surface area contributed by atoms with Crippen molar-refractivity contribution in [2.45, 2.75) is 13.3 Å². The van der Waals surface area contributed by atoms with Gasteiger partial charge in [-0.3, -0.25) is 14.5 Å². The van der Waals surface area contributed by atoms with Gasteiger partial charge in [0.15, 0.2) is 0 Å². The lowest BCUT2D eigenvalue weighted by Crippen LogP contribution is -2.37. The lowest BCUT2D eigenvalue weighted by molar-refractivity contribution is -0.141. The van der Waals surface area contributed by atoms with Gasteiger partial charge in [-0.1, -0.05) is 24.8 Å². The minimum Gasteiger partial charge on any atom is -0.281 e. The van der Waals surface area contributed by atoms with Crippen molar-refractivity contribution in [3.8, 4) is 0 Å². The molecule has 0 fully saturated rings. The molecular weight excluding hydrogens is 178 g/mol. The van der Waals surface area contributed by atoms with Crippen molar-refractivity contribution in [3.63, 3.8) is 0 Å². The minimum absolute atomic E-state index is 0.172. The van der Waals surface area contributed by atoms with E-state index in [9.17, 15) is 9.59 Å². The van der Waals surface area contributed by atoms with Crippen LogP contribution in [0.3, 0.4) is 0 Å². The number of rotatable bonds is 2. The summed E-state index contributed by atoms with van der Waals surface area (Å²) in [5.41, 5.74) is 1.26. The number of likely N-dealkylation sites (N-methyl/N-ethyl adjacent to an activating group) is 1. The van der Waals surface area contributed by atoms with Crippen LogP contribution < -0.4 is 0 Å². The smallest absolute Gasteiger partial charge is 0.260 e. The summed E-state index contributed by atoms with van der Waals surface area (Å²) in [6, 6.07) is 0. The highest BCUT2D eigenvalue weighted by atomic mass is 16.2. The highest BCUT2D eigenvalue weighted by Crippen LogP contribution is 2.20. The standard InChI is InChI=1S/C11H13NO2/c1-4-6-8-7-10(13)12(3)11(14)9(8)5-2/h4-6H,2,7H2,1,3H3/b6-4-. The Morgan fingerprint density at radius 3 is 2.57 bits per heavy atom. The number of hydrogen-bond donors (Lipinski definition) is 0. The summed E-state index contributed by atoms with van der Waals surface area (Å²) in [7, 11) is 1.49. The average Bonchev–Trinajstić information content (AvgIpc) is 2.16.